The van der Waals surface area contributed by atoms with Gasteiger partial charge in [0.25, 0.3) is 5.91 Å². The molecule has 3 rings (SSSR count). The molecule has 1 aliphatic heterocycles. The van der Waals surface area contributed by atoms with Crippen molar-refractivity contribution < 1.29 is 14.1 Å². The number of nitrogens with one attached hydrogen (secondary N) is 2. The molecule has 3 heterocycles. The van der Waals surface area contributed by atoms with Gasteiger partial charge in [-0.2, -0.15) is 0 Å². The van der Waals surface area contributed by atoms with Crippen molar-refractivity contribution in [3.63, 3.8) is 0 Å². The highest BCUT2D eigenvalue weighted by Gasteiger charge is 2.23. The molecule has 25 heavy (non-hydrogen) atoms. The number of carbonyl (C=O) groups excluding carboxylic acids is 2. The number of anilines is 1. The van der Waals surface area contributed by atoms with Crippen LogP contribution in [0.3, 0.4) is 0 Å². The smallest absolute Gasteiger partial charge is 0.279 e. The first-order valence-electron chi connectivity index (χ1n) is 8.15. The molecule has 8 nitrogen and oxygen atoms in total. The maximum absolute atomic E-state index is 12.1. The van der Waals surface area contributed by atoms with E-state index in [9.17, 15) is 9.59 Å². The number of hydrogen-bond acceptors (Lipinski definition) is 7. The number of nitrogens with zero attached hydrogens (tertiary/aromatic N) is 3. The Bertz CT molecular complexity index is 783. The molecule has 0 bridgehead atoms. The van der Waals surface area contributed by atoms with E-state index < -0.39 is 0 Å². The van der Waals surface area contributed by atoms with Crippen LogP contribution in [0, 0.1) is 6.92 Å². The fraction of sp³-hybridized carbons (Fsp3) is 0.500. The number of amides is 2. The van der Waals surface area contributed by atoms with E-state index in [1.54, 1.807) is 13.0 Å². The summed E-state index contributed by atoms with van der Waals surface area (Å²) in [5, 5.41) is 9.90. The number of hydrogen-bond donors (Lipinski definition) is 2. The third kappa shape index (κ3) is 4.43. The van der Waals surface area contributed by atoms with Crippen LogP contribution in [0.2, 0.25) is 0 Å². The van der Waals surface area contributed by atoms with Crippen LogP contribution >= 0.6 is 11.3 Å². The van der Waals surface area contributed by atoms with E-state index in [1.807, 2.05) is 13.8 Å². The first-order chi connectivity index (χ1) is 11.9. The summed E-state index contributed by atoms with van der Waals surface area (Å²) < 4.78 is 4.91. The molecule has 9 heteroatoms. The number of carbonyl (C=O) groups is 2. The van der Waals surface area contributed by atoms with E-state index in [-0.39, 0.29) is 23.6 Å². The standard InChI is InChI=1S/C16H21N5O3S/c1-9(2)17-14(22)8-21-5-4-11-13(7-21)25-16(18-11)19-15(23)12-6-10(3)24-20-12/h6,9H,4-5,7-8H2,1-3H3,(H,17,22)(H,18,19,23). The maximum Gasteiger partial charge on any atom is 0.279 e. The van der Waals surface area contributed by atoms with Crippen LogP contribution in [0.15, 0.2) is 10.6 Å². The van der Waals surface area contributed by atoms with Crippen molar-refractivity contribution >= 4 is 28.3 Å². The Balaban J connectivity index is 1.61. The van der Waals surface area contributed by atoms with Crippen molar-refractivity contribution in [2.75, 3.05) is 18.4 Å². The molecule has 0 atom stereocenters. The fourth-order valence-corrected chi connectivity index (χ4v) is 3.69. The van der Waals surface area contributed by atoms with E-state index in [2.05, 4.69) is 25.7 Å². The first-order valence-corrected chi connectivity index (χ1v) is 8.97. The van der Waals surface area contributed by atoms with Crippen molar-refractivity contribution in [3.8, 4) is 0 Å². The highest BCUT2D eigenvalue weighted by molar-refractivity contribution is 7.15. The Labute approximate surface area is 149 Å². The second-order valence-corrected chi connectivity index (χ2v) is 7.43. The molecule has 0 fully saturated rings. The minimum atomic E-state index is -0.337. The van der Waals surface area contributed by atoms with Gasteiger partial charge < -0.3 is 9.84 Å². The Hall–Kier alpha value is -2.26. The van der Waals surface area contributed by atoms with Gasteiger partial charge in [0.05, 0.1) is 12.2 Å². The lowest BCUT2D eigenvalue weighted by molar-refractivity contribution is -0.122. The number of aromatic nitrogens is 2. The number of thiazole rings is 1. The second-order valence-electron chi connectivity index (χ2n) is 6.35. The Kier molecular flexibility index (Phi) is 5.14. The fourth-order valence-electron chi connectivity index (χ4n) is 2.64. The SMILES string of the molecule is Cc1cc(C(=O)Nc2nc3c(s2)CN(CC(=O)NC(C)C)CC3)no1. The van der Waals surface area contributed by atoms with Gasteiger partial charge in [-0.1, -0.05) is 5.16 Å². The van der Waals surface area contributed by atoms with Crippen LogP contribution < -0.4 is 10.6 Å². The zero-order valence-electron chi connectivity index (χ0n) is 14.5. The van der Waals surface area contributed by atoms with Gasteiger partial charge in [0.1, 0.15) is 5.76 Å². The van der Waals surface area contributed by atoms with Gasteiger partial charge in [-0.3, -0.25) is 19.8 Å². The van der Waals surface area contributed by atoms with Gasteiger partial charge in [0.15, 0.2) is 10.8 Å². The Morgan fingerprint density at radius 1 is 1.44 bits per heavy atom. The summed E-state index contributed by atoms with van der Waals surface area (Å²) in [6, 6.07) is 1.72. The first kappa shape index (κ1) is 17.6. The average Bonchev–Trinajstić information content (AvgIpc) is 3.11. The monoisotopic (exact) mass is 363 g/mol. The van der Waals surface area contributed by atoms with Gasteiger partial charge in [0, 0.05) is 36.5 Å². The molecule has 0 saturated heterocycles. The normalized spacial score (nSPS) is 14.4. The summed E-state index contributed by atoms with van der Waals surface area (Å²) >= 11 is 1.44. The molecule has 2 aromatic heterocycles. The summed E-state index contributed by atoms with van der Waals surface area (Å²) in [5.74, 6) is 0.271. The Morgan fingerprint density at radius 2 is 2.24 bits per heavy atom. The summed E-state index contributed by atoms with van der Waals surface area (Å²) in [5.41, 5.74) is 1.22. The maximum atomic E-state index is 12.1. The minimum Gasteiger partial charge on any atom is -0.361 e. The molecular weight excluding hydrogens is 342 g/mol. The lowest BCUT2D eigenvalue weighted by Gasteiger charge is -2.25. The van der Waals surface area contributed by atoms with E-state index in [0.29, 0.717) is 24.0 Å². The third-order valence-electron chi connectivity index (χ3n) is 3.71. The van der Waals surface area contributed by atoms with Crippen LogP contribution in [-0.2, 0) is 17.8 Å². The predicted octanol–water partition coefficient (Wildman–Crippen LogP) is 1.57. The number of rotatable bonds is 5. The van der Waals surface area contributed by atoms with Crippen molar-refractivity contribution in [1.82, 2.24) is 20.4 Å². The molecule has 0 aromatic carbocycles. The lowest BCUT2D eigenvalue weighted by Crippen LogP contribution is -2.41. The molecule has 0 unspecified atom stereocenters. The summed E-state index contributed by atoms with van der Waals surface area (Å²) in [6.45, 7) is 7.43. The molecule has 0 spiro atoms. The van der Waals surface area contributed by atoms with Gasteiger partial charge in [-0.25, -0.2) is 4.98 Å². The molecular formula is C16H21N5O3S. The summed E-state index contributed by atoms with van der Waals surface area (Å²) in [6.07, 6.45) is 0.764. The topological polar surface area (TPSA) is 100 Å². The van der Waals surface area contributed by atoms with E-state index >= 15 is 0 Å². The predicted molar refractivity (Wildman–Crippen MR) is 93.6 cm³/mol. The van der Waals surface area contributed by atoms with Crippen LogP contribution in [0.1, 0.15) is 40.7 Å². The molecule has 0 radical (unpaired) electrons. The molecule has 2 aromatic rings. The van der Waals surface area contributed by atoms with Gasteiger partial charge in [0.2, 0.25) is 5.91 Å². The van der Waals surface area contributed by atoms with E-state index in [1.165, 1.54) is 11.3 Å². The highest BCUT2D eigenvalue weighted by atomic mass is 32.1. The van der Waals surface area contributed by atoms with Gasteiger partial charge >= 0.3 is 0 Å². The average molecular weight is 363 g/mol. The van der Waals surface area contributed by atoms with Crippen LogP contribution in [0.25, 0.3) is 0 Å². The molecule has 134 valence electrons. The molecule has 2 N–H and O–H groups in total. The quantitative estimate of drug-likeness (QED) is 0.836. The largest absolute Gasteiger partial charge is 0.361 e. The van der Waals surface area contributed by atoms with E-state index in [4.69, 9.17) is 4.52 Å². The highest BCUT2D eigenvalue weighted by Crippen LogP contribution is 2.28. The summed E-state index contributed by atoms with van der Waals surface area (Å²) in [7, 11) is 0. The van der Waals surface area contributed by atoms with E-state index in [0.717, 1.165) is 23.5 Å². The van der Waals surface area contributed by atoms with Crippen LogP contribution in [0.4, 0.5) is 5.13 Å². The zero-order chi connectivity index (χ0) is 18.0. The van der Waals surface area contributed by atoms with Gasteiger partial charge in [-0.15, -0.1) is 11.3 Å². The van der Waals surface area contributed by atoms with Crippen molar-refractivity contribution in [1.29, 1.82) is 0 Å². The Morgan fingerprint density at radius 3 is 2.92 bits per heavy atom. The van der Waals surface area contributed by atoms with Crippen molar-refractivity contribution in [2.45, 2.75) is 39.8 Å². The van der Waals surface area contributed by atoms with Gasteiger partial charge in [-0.05, 0) is 20.8 Å². The molecule has 0 aliphatic carbocycles. The van der Waals surface area contributed by atoms with Crippen LogP contribution in [-0.4, -0.2) is 46.0 Å². The number of aryl methyl sites for hydroxylation is 1. The minimum absolute atomic E-state index is 0.0258. The third-order valence-corrected chi connectivity index (χ3v) is 4.71. The number of fused-ring (bicyclic) bond motifs is 1. The molecule has 1 aliphatic rings. The zero-order valence-corrected chi connectivity index (χ0v) is 15.3. The second kappa shape index (κ2) is 7.32. The van der Waals surface area contributed by atoms with Crippen molar-refractivity contribution in [2.24, 2.45) is 0 Å². The molecule has 0 saturated carbocycles. The molecule has 2 amide bonds. The van der Waals surface area contributed by atoms with Crippen molar-refractivity contribution in [3.05, 3.63) is 28.1 Å². The lowest BCUT2D eigenvalue weighted by atomic mass is 10.2. The summed E-state index contributed by atoms with van der Waals surface area (Å²) in [4.78, 5) is 31.7. The van der Waals surface area contributed by atoms with Crippen LogP contribution in [0.5, 0.6) is 0 Å².